The number of rotatable bonds is 4. The standard InChI is InChI=1S/C13H21N3O/c1-9-5-11(7-12(14)6-9)13(17)15-10(2)8-16(3)4/h5-7,10H,8,14H2,1-4H3,(H,15,17). The van der Waals surface area contributed by atoms with Crippen molar-refractivity contribution in [2.75, 3.05) is 26.4 Å². The first-order chi connectivity index (χ1) is 7.88. The second-order valence-electron chi connectivity index (χ2n) is 4.77. The Labute approximate surface area is 103 Å². The van der Waals surface area contributed by atoms with Gasteiger partial charge in [0.2, 0.25) is 0 Å². The van der Waals surface area contributed by atoms with Gasteiger partial charge in [-0.25, -0.2) is 0 Å². The van der Waals surface area contributed by atoms with Crippen molar-refractivity contribution < 1.29 is 4.79 Å². The van der Waals surface area contributed by atoms with Gasteiger partial charge in [0.05, 0.1) is 0 Å². The lowest BCUT2D eigenvalue weighted by Crippen LogP contribution is -2.39. The molecular formula is C13H21N3O. The van der Waals surface area contributed by atoms with Gasteiger partial charge in [0.25, 0.3) is 5.91 Å². The molecular weight excluding hydrogens is 214 g/mol. The van der Waals surface area contributed by atoms with Gasteiger partial charge in [0, 0.05) is 23.8 Å². The molecule has 4 heteroatoms. The van der Waals surface area contributed by atoms with Crippen molar-refractivity contribution in [1.82, 2.24) is 10.2 Å². The Morgan fingerprint density at radius 2 is 2.06 bits per heavy atom. The summed E-state index contributed by atoms with van der Waals surface area (Å²) in [6.45, 7) is 4.72. The van der Waals surface area contributed by atoms with Gasteiger partial charge in [0.15, 0.2) is 0 Å². The quantitative estimate of drug-likeness (QED) is 0.772. The van der Waals surface area contributed by atoms with E-state index in [0.29, 0.717) is 11.3 Å². The summed E-state index contributed by atoms with van der Waals surface area (Å²) in [5.41, 5.74) is 7.96. The van der Waals surface area contributed by atoms with Crippen LogP contribution in [0.5, 0.6) is 0 Å². The number of likely N-dealkylation sites (N-methyl/N-ethyl adjacent to an activating group) is 1. The van der Waals surface area contributed by atoms with Crippen molar-refractivity contribution in [3.63, 3.8) is 0 Å². The second-order valence-corrected chi connectivity index (χ2v) is 4.77. The minimum absolute atomic E-state index is 0.0743. The molecule has 0 saturated heterocycles. The Bertz CT molecular complexity index is 381. The van der Waals surface area contributed by atoms with E-state index in [1.165, 1.54) is 0 Å². The molecule has 0 spiro atoms. The Kier molecular flexibility index (Phi) is 4.52. The van der Waals surface area contributed by atoms with Crippen LogP contribution in [0, 0.1) is 6.92 Å². The summed E-state index contributed by atoms with van der Waals surface area (Å²) in [6, 6.07) is 5.50. The fraction of sp³-hybridized carbons (Fsp3) is 0.462. The van der Waals surface area contributed by atoms with Crippen LogP contribution in [0.3, 0.4) is 0 Å². The molecule has 1 rings (SSSR count). The molecule has 0 aliphatic carbocycles. The highest BCUT2D eigenvalue weighted by Crippen LogP contribution is 2.11. The van der Waals surface area contributed by atoms with Crippen molar-refractivity contribution in [3.8, 4) is 0 Å². The van der Waals surface area contributed by atoms with Crippen molar-refractivity contribution >= 4 is 11.6 Å². The molecule has 0 radical (unpaired) electrons. The van der Waals surface area contributed by atoms with Crippen LogP contribution < -0.4 is 11.1 Å². The molecule has 0 bridgehead atoms. The number of carbonyl (C=O) groups excluding carboxylic acids is 1. The minimum Gasteiger partial charge on any atom is -0.399 e. The Hall–Kier alpha value is -1.55. The predicted molar refractivity (Wildman–Crippen MR) is 71.1 cm³/mol. The average Bonchev–Trinajstić information content (AvgIpc) is 2.14. The number of amides is 1. The fourth-order valence-electron chi connectivity index (χ4n) is 1.84. The van der Waals surface area contributed by atoms with Gasteiger partial charge in [-0.2, -0.15) is 0 Å². The summed E-state index contributed by atoms with van der Waals surface area (Å²) in [7, 11) is 3.96. The Morgan fingerprint density at radius 3 is 2.59 bits per heavy atom. The van der Waals surface area contributed by atoms with Crippen LogP contribution in [-0.2, 0) is 0 Å². The molecule has 1 aromatic rings. The summed E-state index contributed by atoms with van der Waals surface area (Å²) in [5, 5.41) is 2.95. The first kappa shape index (κ1) is 13.5. The van der Waals surface area contributed by atoms with Gasteiger partial charge < -0.3 is 16.0 Å². The summed E-state index contributed by atoms with van der Waals surface area (Å²) in [5.74, 6) is -0.0743. The van der Waals surface area contributed by atoms with E-state index in [0.717, 1.165) is 12.1 Å². The van der Waals surface area contributed by atoms with Crippen LogP contribution in [0.15, 0.2) is 18.2 Å². The van der Waals surface area contributed by atoms with Crippen molar-refractivity contribution in [1.29, 1.82) is 0 Å². The number of hydrogen-bond acceptors (Lipinski definition) is 3. The first-order valence-corrected chi connectivity index (χ1v) is 5.71. The highest BCUT2D eigenvalue weighted by Gasteiger charge is 2.11. The number of benzene rings is 1. The molecule has 0 aromatic heterocycles. The molecule has 17 heavy (non-hydrogen) atoms. The van der Waals surface area contributed by atoms with Crippen LogP contribution in [-0.4, -0.2) is 37.5 Å². The topological polar surface area (TPSA) is 58.4 Å². The number of nitrogens with zero attached hydrogens (tertiary/aromatic N) is 1. The summed E-state index contributed by atoms with van der Waals surface area (Å²) < 4.78 is 0. The van der Waals surface area contributed by atoms with E-state index >= 15 is 0 Å². The number of nitrogen functional groups attached to an aromatic ring is 1. The molecule has 1 unspecified atom stereocenters. The van der Waals surface area contributed by atoms with Gasteiger partial charge in [-0.1, -0.05) is 0 Å². The van der Waals surface area contributed by atoms with Crippen LogP contribution >= 0.6 is 0 Å². The zero-order valence-electron chi connectivity index (χ0n) is 10.9. The molecule has 94 valence electrons. The lowest BCUT2D eigenvalue weighted by atomic mass is 10.1. The van der Waals surface area contributed by atoms with Gasteiger partial charge >= 0.3 is 0 Å². The first-order valence-electron chi connectivity index (χ1n) is 5.71. The number of anilines is 1. The fourth-order valence-corrected chi connectivity index (χ4v) is 1.84. The molecule has 0 fully saturated rings. The van der Waals surface area contributed by atoms with E-state index in [9.17, 15) is 4.79 Å². The predicted octanol–water partition coefficient (Wildman–Crippen LogP) is 1.26. The monoisotopic (exact) mass is 235 g/mol. The molecule has 1 aromatic carbocycles. The van der Waals surface area contributed by atoms with Crippen molar-refractivity contribution in [2.45, 2.75) is 19.9 Å². The minimum atomic E-state index is -0.0743. The van der Waals surface area contributed by atoms with E-state index in [2.05, 4.69) is 5.32 Å². The highest BCUT2D eigenvalue weighted by atomic mass is 16.1. The SMILES string of the molecule is Cc1cc(N)cc(C(=O)NC(C)CN(C)C)c1. The molecule has 3 N–H and O–H groups in total. The van der Waals surface area contributed by atoms with Gasteiger partial charge in [-0.05, 0) is 51.7 Å². The van der Waals surface area contributed by atoms with E-state index in [1.54, 1.807) is 6.07 Å². The van der Waals surface area contributed by atoms with Crippen LogP contribution in [0.4, 0.5) is 5.69 Å². The maximum atomic E-state index is 12.0. The third-order valence-electron chi connectivity index (χ3n) is 2.38. The number of nitrogens with one attached hydrogen (secondary N) is 1. The number of aryl methyl sites for hydroxylation is 1. The molecule has 0 aliphatic rings. The van der Waals surface area contributed by atoms with E-state index < -0.39 is 0 Å². The largest absolute Gasteiger partial charge is 0.399 e. The van der Waals surface area contributed by atoms with E-state index in [4.69, 9.17) is 5.73 Å². The van der Waals surface area contributed by atoms with Crippen LogP contribution in [0.25, 0.3) is 0 Å². The Morgan fingerprint density at radius 1 is 1.41 bits per heavy atom. The molecule has 1 atom stereocenters. The number of hydrogen-bond donors (Lipinski definition) is 2. The zero-order chi connectivity index (χ0) is 13.0. The molecule has 0 saturated carbocycles. The average molecular weight is 235 g/mol. The van der Waals surface area contributed by atoms with Crippen molar-refractivity contribution in [2.24, 2.45) is 0 Å². The van der Waals surface area contributed by atoms with Crippen molar-refractivity contribution in [3.05, 3.63) is 29.3 Å². The van der Waals surface area contributed by atoms with Gasteiger partial charge in [0.1, 0.15) is 0 Å². The lowest BCUT2D eigenvalue weighted by molar-refractivity contribution is 0.0934. The lowest BCUT2D eigenvalue weighted by Gasteiger charge is -2.18. The number of carbonyl (C=O) groups is 1. The number of nitrogens with two attached hydrogens (primary N) is 1. The van der Waals surface area contributed by atoms with Gasteiger partial charge in [-0.15, -0.1) is 0 Å². The normalized spacial score (nSPS) is 12.5. The maximum absolute atomic E-state index is 12.0. The zero-order valence-corrected chi connectivity index (χ0v) is 10.9. The summed E-state index contributed by atoms with van der Waals surface area (Å²) >= 11 is 0. The third-order valence-corrected chi connectivity index (χ3v) is 2.38. The molecule has 4 nitrogen and oxygen atoms in total. The van der Waals surface area contributed by atoms with Gasteiger partial charge in [-0.3, -0.25) is 4.79 Å². The third kappa shape index (κ3) is 4.44. The Balaban J connectivity index is 2.69. The van der Waals surface area contributed by atoms with E-state index in [-0.39, 0.29) is 11.9 Å². The molecule has 0 aliphatic heterocycles. The summed E-state index contributed by atoms with van der Waals surface area (Å²) in [4.78, 5) is 14.0. The molecule has 1 amide bonds. The maximum Gasteiger partial charge on any atom is 0.251 e. The van der Waals surface area contributed by atoms with Crippen LogP contribution in [0.1, 0.15) is 22.8 Å². The highest BCUT2D eigenvalue weighted by molar-refractivity contribution is 5.95. The van der Waals surface area contributed by atoms with E-state index in [1.807, 2.05) is 45.0 Å². The second kappa shape index (κ2) is 5.68. The summed E-state index contributed by atoms with van der Waals surface area (Å²) in [6.07, 6.45) is 0. The molecule has 0 heterocycles. The smallest absolute Gasteiger partial charge is 0.251 e. The van der Waals surface area contributed by atoms with Crippen LogP contribution in [0.2, 0.25) is 0 Å².